The molecule has 7 nitrogen and oxygen atoms in total. The van der Waals surface area contributed by atoms with Crippen molar-refractivity contribution < 1.29 is 14.4 Å². The Morgan fingerprint density at radius 1 is 1.35 bits per heavy atom. The van der Waals surface area contributed by atoms with E-state index in [2.05, 4.69) is 27.0 Å². The van der Waals surface area contributed by atoms with E-state index >= 15 is 0 Å². The Kier molecular flexibility index (Phi) is 4.14. The van der Waals surface area contributed by atoms with Crippen LogP contribution in [-0.4, -0.2) is 28.4 Å². The first-order chi connectivity index (χ1) is 12.5. The number of benzene rings is 1. The maximum atomic E-state index is 12.6. The molecule has 0 bridgehead atoms. The fraction of sp³-hybridized carbons (Fsp3) is 0.444. The van der Waals surface area contributed by atoms with E-state index in [0.717, 1.165) is 15.8 Å². The molecule has 0 unspecified atom stereocenters. The highest BCUT2D eigenvalue weighted by Gasteiger charge is 2.48. The monoisotopic (exact) mass is 372 g/mol. The van der Waals surface area contributed by atoms with Crippen LogP contribution in [0.25, 0.3) is 10.2 Å². The summed E-state index contributed by atoms with van der Waals surface area (Å²) < 4.78 is 1.10. The van der Waals surface area contributed by atoms with Crippen LogP contribution in [0.3, 0.4) is 0 Å². The van der Waals surface area contributed by atoms with Crippen LogP contribution in [0.4, 0.5) is 4.79 Å². The SMILES string of the molecule is C[C@@H](NC(=O)C1CCC2(CC1)NC(=O)NC2=O)c1ccc2ncsc2c1. The summed E-state index contributed by atoms with van der Waals surface area (Å²) in [5, 5.41) is 8.10. The molecule has 1 spiro atoms. The lowest BCUT2D eigenvalue weighted by molar-refractivity contribution is -0.130. The summed E-state index contributed by atoms with van der Waals surface area (Å²) in [6.45, 7) is 1.97. The molecule has 4 rings (SSSR count). The maximum Gasteiger partial charge on any atom is 0.322 e. The van der Waals surface area contributed by atoms with Crippen LogP contribution in [0.1, 0.15) is 44.2 Å². The number of imide groups is 1. The number of hydrogen-bond acceptors (Lipinski definition) is 5. The van der Waals surface area contributed by atoms with Gasteiger partial charge in [-0.3, -0.25) is 14.9 Å². The second-order valence-electron chi connectivity index (χ2n) is 7.07. The summed E-state index contributed by atoms with van der Waals surface area (Å²) in [5.41, 5.74) is 3.00. The van der Waals surface area contributed by atoms with Gasteiger partial charge in [0.05, 0.1) is 21.8 Å². The summed E-state index contributed by atoms with van der Waals surface area (Å²) in [6.07, 6.45) is 2.15. The van der Waals surface area contributed by atoms with Crippen molar-refractivity contribution in [2.24, 2.45) is 5.92 Å². The highest BCUT2D eigenvalue weighted by atomic mass is 32.1. The molecular weight excluding hydrogens is 352 g/mol. The van der Waals surface area contributed by atoms with E-state index in [1.54, 1.807) is 11.3 Å². The zero-order chi connectivity index (χ0) is 18.3. The van der Waals surface area contributed by atoms with Gasteiger partial charge in [-0.2, -0.15) is 0 Å². The number of nitrogens with zero attached hydrogens (tertiary/aromatic N) is 1. The van der Waals surface area contributed by atoms with Gasteiger partial charge < -0.3 is 10.6 Å². The highest BCUT2D eigenvalue weighted by molar-refractivity contribution is 7.16. The number of nitrogens with one attached hydrogen (secondary N) is 3. The Hall–Kier alpha value is -2.48. The zero-order valence-electron chi connectivity index (χ0n) is 14.4. The van der Waals surface area contributed by atoms with Crippen molar-refractivity contribution in [3.8, 4) is 0 Å². The van der Waals surface area contributed by atoms with Crippen LogP contribution in [-0.2, 0) is 9.59 Å². The molecule has 2 fully saturated rings. The van der Waals surface area contributed by atoms with Gasteiger partial charge in [0.15, 0.2) is 0 Å². The quantitative estimate of drug-likeness (QED) is 0.720. The highest BCUT2D eigenvalue weighted by Crippen LogP contribution is 2.34. The number of amides is 4. The summed E-state index contributed by atoms with van der Waals surface area (Å²) >= 11 is 1.58. The second kappa shape index (κ2) is 6.35. The predicted molar refractivity (Wildman–Crippen MR) is 97.5 cm³/mol. The third-order valence-electron chi connectivity index (χ3n) is 5.44. The van der Waals surface area contributed by atoms with E-state index in [0.29, 0.717) is 25.7 Å². The molecule has 1 saturated heterocycles. The third-order valence-corrected chi connectivity index (χ3v) is 6.23. The van der Waals surface area contributed by atoms with Crippen LogP contribution in [0, 0.1) is 5.92 Å². The van der Waals surface area contributed by atoms with Gasteiger partial charge in [0.2, 0.25) is 5.91 Å². The molecule has 2 aromatic rings. The molecule has 1 aromatic carbocycles. The Bertz CT molecular complexity index is 885. The van der Waals surface area contributed by atoms with Gasteiger partial charge in [-0.05, 0) is 50.3 Å². The Morgan fingerprint density at radius 2 is 2.12 bits per heavy atom. The summed E-state index contributed by atoms with van der Waals surface area (Å²) in [5.74, 6) is -0.408. The fourth-order valence-corrected chi connectivity index (χ4v) is 4.53. The van der Waals surface area contributed by atoms with Crippen molar-refractivity contribution in [2.45, 2.75) is 44.2 Å². The predicted octanol–water partition coefficient (Wildman–Crippen LogP) is 2.24. The van der Waals surface area contributed by atoms with E-state index < -0.39 is 11.6 Å². The van der Waals surface area contributed by atoms with Crippen LogP contribution >= 0.6 is 11.3 Å². The molecule has 1 aliphatic carbocycles. The molecule has 8 heteroatoms. The lowest BCUT2D eigenvalue weighted by atomic mass is 9.76. The van der Waals surface area contributed by atoms with Crippen molar-refractivity contribution in [1.82, 2.24) is 20.9 Å². The van der Waals surface area contributed by atoms with Gasteiger partial charge in [-0.25, -0.2) is 9.78 Å². The number of hydrogen-bond donors (Lipinski definition) is 3. The molecular formula is C18H20N4O3S. The zero-order valence-corrected chi connectivity index (χ0v) is 15.2. The van der Waals surface area contributed by atoms with Crippen molar-refractivity contribution in [1.29, 1.82) is 0 Å². The molecule has 2 heterocycles. The molecule has 2 aliphatic rings. The van der Waals surface area contributed by atoms with Gasteiger partial charge in [0, 0.05) is 5.92 Å². The minimum absolute atomic E-state index is 0.00137. The molecule has 0 radical (unpaired) electrons. The number of aromatic nitrogens is 1. The number of fused-ring (bicyclic) bond motifs is 1. The minimum Gasteiger partial charge on any atom is -0.349 e. The molecule has 3 N–H and O–H groups in total. The van der Waals surface area contributed by atoms with Gasteiger partial charge >= 0.3 is 6.03 Å². The molecule has 1 atom stereocenters. The Balaban J connectivity index is 1.38. The number of thiazole rings is 1. The van der Waals surface area contributed by atoms with Crippen molar-refractivity contribution in [3.05, 3.63) is 29.3 Å². The average Bonchev–Trinajstić information content (AvgIpc) is 3.19. The van der Waals surface area contributed by atoms with E-state index in [1.165, 1.54) is 0 Å². The van der Waals surface area contributed by atoms with E-state index in [4.69, 9.17) is 0 Å². The van der Waals surface area contributed by atoms with Crippen molar-refractivity contribution in [2.75, 3.05) is 0 Å². The lowest BCUT2D eigenvalue weighted by Crippen LogP contribution is -2.51. The molecule has 1 saturated carbocycles. The largest absolute Gasteiger partial charge is 0.349 e. The van der Waals surface area contributed by atoms with Gasteiger partial charge in [0.25, 0.3) is 5.91 Å². The average molecular weight is 372 g/mol. The Labute approximate surface area is 154 Å². The van der Waals surface area contributed by atoms with Crippen LogP contribution in [0.5, 0.6) is 0 Å². The van der Waals surface area contributed by atoms with E-state index in [1.807, 2.05) is 24.6 Å². The maximum absolute atomic E-state index is 12.6. The fourth-order valence-electron chi connectivity index (χ4n) is 3.81. The van der Waals surface area contributed by atoms with Crippen LogP contribution < -0.4 is 16.0 Å². The Morgan fingerprint density at radius 3 is 2.81 bits per heavy atom. The summed E-state index contributed by atoms with van der Waals surface area (Å²) in [7, 11) is 0. The number of carbonyl (C=O) groups excluding carboxylic acids is 3. The number of urea groups is 1. The minimum atomic E-state index is -0.823. The van der Waals surface area contributed by atoms with Gasteiger partial charge in [0.1, 0.15) is 5.54 Å². The number of carbonyl (C=O) groups is 3. The third kappa shape index (κ3) is 2.94. The van der Waals surface area contributed by atoms with E-state index in [9.17, 15) is 14.4 Å². The summed E-state index contributed by atoms with van der Waals surface area (Å²) in [6, 6.07) is 5.48. The first kappa shape index (κ1) is 17.0. The molecule has 1 aromatic heterocycles. The standard InChI is InChI=1S/C18H20N4O3S/c1-10(12-2-3-13-14(8-12)26-9-19-13)20-15(23)11-4-6-18(7-5-11)16(24)21-17(25)22-18/h2-3,8-11H,4-7H2,1H3,(H,20,23)(H2,21,22,24,25)/t10-,11?,18?/m1/s1. The van der Waals surface area contributed by atoms with Gasteiger partial charge in [-0.1, -0.05) is 6.07 Å². The smallest absolute Gasteiger partial charge is 0.322 e. The lowest BCUT2D eigenvalue weighted by Gasteiger charge is -2.34. The topological polar surface area (TPSA) is 100 Å². The summed E-state index contributed by atoms with van der Waals surface area (Å²) in [4.78, 5) is 40.3. The normalized spacial score (nSPS) is 26.6. The molecule has 26 heavy (non-hydrogen) atoms. The van der Waals surface area contributed by atoms with Gasteiger partial charge in [-0.15, -0.1) is 11.3 Å². The number of rotatable bonds is 3. The van der Waals surface area contributed by atoms with Crippen LogP contribution in [0.2, 0.25) is 0 Å². The molecule has 136 valence electrons. The first-order valence-corrected chi connectivity index (χ1v) is 9.62. The molecule has 4 amide bonds. The molecule has 1 aliphatic heterocycles. The van der Waals surface area contributed by atoms with E-state index in [-0.39, 0.29) is 23.8 Å². The van der Waals surface area contributed by atoms with Crippen molar-refractivity contribution in [3.63, 3.8) is 0 Å². The first-order valence-electron chi connectivity index (χ1n) is 8.74. The van der Waals surface area contributed by atoms with Crippen LogP contribution in [0.15, 0.2) is 23.7 Å². The second-order valence-corrected chi connectivity index (χ2v) is 7.96. The van der Waals surface area contributed by atoms with Crippen molar-refractivity contribution >= 4 is 39.4 Å².